The Labute approximate surface area is 196 Å². The van der Waals surface area contributed by atoms with Gasteiger partial charge in [-0.25, -0.2) is 4.68 Å². The van der Waals surface area contributed by atoms with Gasteiger partial charge in [0.25, 0.3) is 0 Å². The van der Waals surface area contributed by atoms with Crippen LogP contribution in [0.3, 0.4) is 0 Å². The number of aliphatic hydroxyl groups excluding tert-OH is 2. The van der Waals surface area contributed by atoms with Gasteiger partial charge in [0.1, 0.15) is 42.3 Å². The fourth-order valence-electron chi connectivity index (χ4n) is 4.11. The van der Waals surface area contributed by atoms with Crippen LogP contribution in [0.5, 0.6) is 0 Å². The van der Waals surface area contributed by atoms with Crippen molar-refractivity contribution < 1.29 is 33.9 Å². The molecule has 2 N–H and O–H groups in total. The second kappa shape index (κ2) is 10.2. The third kappa shape index (κ3) is 7.17. The van der Waals surface area contributed by atoms with Crippen LogP contribution in [0.25, 0.3) is 0 Å². The minimum atomic E-state index is -0.789. The van der Waals surface area contributed by atoms with Gasteiger partial charge in [-0.1, -0.05) is 5.21 Å². The number of rotatable bonds is 8. The third-order valence-electron chi connectivity index (χ3n) is 5.69. The molecular formula is C23H41N3O7. The van der Waals surface area contributed by atoms with Crippen molar-refractivity contribution in [3.05, 3.63) is 11.9 Å². The van der Waals surface area contributed by atoms with E-state index in [1.807, 2.05) is 55.4 Å². The summed E-state index contributed by atoms with van der Waals surface area (Å²) in [5.41, 5.74) is -0.0870. The van der Waals surface area contributed by atoms with Crippen LogP contribution in [0.4, 0.5) is 0 Å². The zero-order valence-corrected chi connectivity index (χ0v) is 21.1. The van der Waals surface area contributed by atoms with Gasteiger partial charge in [-0.3, -0.25) is 0 Å². The number of aromatic nitrogens is 3. The molecule has 0 saturated carbocycles. The summed E-state index contributed by atoms with van der Waals surface area (Å²) in [6.45, 7) is 16.3. The standard InChI is InChI=1S/C23H41N3O7/c1-13-18(27)21(33-23(6,7)8)16(31-13)10-26-9-15(24-25-26)11-29-20-14(2)32-17(19(20)28)12-30-22(3,4)5/h9,13-14,16-21,27-28H,10-12H2,1-8H3/t13-,14-,16+,17+,18?,19-,20?,21-/m0/s1. The Balaban J connectivity index is 1.53. The second-order valence-corrected chi connectivity index (χ2v) is 11.1. The van der Waals surface area contributed by atoms with E-state index in [2.05, 4.69) is 10.3 Å². The monoisotopic (exact) mass is 471 g/mol. The smallest absolute Gasteiger partial charge is 0.115 e. The largest absolute Gasteiger partial charge is 0.388 e. The van der Waals surface area contributed by atoms with Crippen LogP contribution in [-0.4, -0.2) is 91.8 Å². The van der Waals surface area contributed by atoms with Crippen LogP contribution >= 0.6 is 0 Å². The first-order valence-corrected chi connectivity index (χ1v) is 11.7. The lowest BCUT2D eigenvalue weighted by Gasteiger charge is -2.29. The van der Waals surface area contributed by atoms with Crippen molar-refractivity contribution in [2.24, 2.45) is 0 Å². The fraction of sp³-hybridized carbons (Fsp3) is 0.913. The molecule has 0 spiro atoms. The van der Waals surface area contributed by atoms with E-state index >= 15 is 0 Å². The summed E-state index contributed by atoms with van der Waals surface area (Å²) in [6.07, 6.45) is -2.04. The average Bonchev–Trinajstić information content (AvgIpc) is 3.31. The van der Waals surface area contributed by atoms with Gasteiger partial charge >= 0.3 is 0 Å². The summed E-state index contributed by atoms with van der Waals surface area (Å²) in [4.78, 5) is 0. The predicted octanol–water partition coefficient (Wildman–Crippen LogP) is 1.46. The Morgan fingerprint density at radius 3 is 2.24 bits per heavy atom. The Kier molecular flexibility index (Phi) is 8.20. The van der Waals surface area contributed by atoms with E-state index in [0.29, 0.717) is 18.8 Å². The van der Waals surface area contributed by atoms with Gasteiger partial charge in [0.05, 0.1) is 49.4 Å². The highest BCUT2D eigenvalue weighted by Gasteiger charge is 2.45. The lowest BCUT2D eigenvalue weighted by Crippen LogP contribution is -2.41. The van der Waals surface area contributed by atoms with E-state index in [-0.39, 0.29) is 30.5 Å². The van der Waals surface area contributed by atoms with E-state index in [1.165, 1.54) is 0 Å². The SMILES string of the molecule is C[C@@H]1O[C@H](COC(C)(C)C)[C@H](O)C1OCc1cn(C[C@H]2O[C@@H](C)C(O)[C@H]2OC(C)(C)C)nn1. The van der Waals surface area contributed by atoms with Crippen molar-refractivity contribution >= 4 is 0 Å². The molecule has 2 unspecified atom stereocenters. The van der Waals surface area contributed by atoms with Crippen molar-refractivity contribution in [1.29, 1.82) is 0 Å². The van der Waals surface area contributed by atoms with Gasteiger partial charge in [-0.2, -0.15) is 0 Å². The maximum atomic E-state index is 10.6. The molecule has 0 aliphatic carbocycles. The van der Waals surface area contributed by atoms with E-state index < -0.39 is 36.1 Å². The lowest BCUT2D eigenvalue weighted by atomic mass is 10.1. The molecule has 33 heavy (non-hydrogen) atoms. The predicted molar refractivity (Wildman–Crippen MR) is 120 cm³/mol. The Morgan fingerprint density at radius 1 is 0.939 bits per heavy atom. The van der Waals surface area contributed by atoms with Crippen molar-refractivity contribution in [3.8, 4) is 0 Å². The number of hydrogen-bond donors (Lipinski definition) is 2. The molecule has 8 atom stereocenters. The molecule has 2 aliphatic rings. The highest BCUT2D eigenvalue weighted by molar-refractivity contribution is 4.96. The number of aliphatic hydroxyl groups is 2. The quantitative estimate of drug-likeness (QED) is 0.581. The van der Waals surface area contributed by atoms with E-state index in [0.717, 1.165) is 0 Å². The maximum absolute atomic E-state index is 10.6. The molecular weight excluding hydrogens is 430 g/mol. The zero-order chi connectivity index (χ0) is 24.6. The van der Waals surface area contributed by atoms with Crippen molar-refractivity contribution in [1.82, 2.24) is 15.0 Å². The molecule has 0 aromatic carbocycles. The van der Waals surface area contributed by atoms with Gasteiger partial charge in [-0.15, -0.1) is 5.10 Å². The molecule has 3 heterocycles. The summed E-state index contributed by atoms with van der Waals surface area (Å²) < 4.78 is 31.2. The summed E-state index contributed by atoms with van der Waals surface area (Å²) in [6, 6.07) is 0. The highest BCUT2D eigenvalue weighted by Crippen LogP contribution is 2.29. The first-order chi connectivity index (χ1) is 15.2. The second-order valence-electron chi connectivity index (χ2n) is 11.1. The summed E-state index contributed by atoms with van der Waals surface area (Å²) in [5.74, 6) is 0. The normalized spacial score (nSPS) is 35.5. The van der Waals surface area contributed by atoms with E-state index in [1.54, 1.807) is 10.9 Å². The Morgan fingerprint density at radius 2 is 1.61 bits per heavy atom. The topological polar surface area (TPSA) is 117 Å². The van der Waals surface area contributed by atoms with Gasteiger partial charge in [0, 0.05) is 0 Å². The van der Waals surface area contributed by atoms with Crippen LogP contribution in [-0.2, 0) is 36.8 Å². The van der Waals surface area contributed by atoms with Crippen molar-refractivity contribution in [2.45, 2.75) is 129 Å². The fourth-order valence-corrected chi connectivity index (χ4v) is 4.11. The van der Waals surface area contributed by atoms with Crippen LogP contribution in [0.15, 0.2) is 6.20 Å². The first-order valence-electron chi connectivity index (χ1n) is 11.7. The van der Waals surface area contributed by atoms with Gasteiger partial charge < -0.3 is 33.9 Å². The van der Waals surface area contributed by atoms with Gasteiger partial charge in [0.15, 0.2) is 0 Å². The molecule has 10 nitrogen and oxygen atoms in total. The van der Waals surface area contributed by atoms with Crippen molar-refractivity contribution in [2.75, 3.05) is 6.61 Å². The van der Waals surface area contributed by atoms with Crippen LogP contribution in [0.2, 0.25) is 0 Å². The van der Waals surface area contributed by atoms with E-state index in [9.17, 15) is 10.2 Å². The van der Waals surface area contributed by atoms with Gasteiger partial charge in [0.2, 0.25) is 0 Å². The lowest BCUT2D eigenvalue weighted by molar-refractivity contribution is -0.115. The Bertz CT molecular complexity index is 760. The van der Waals surface area contributed by atoms with E-state index in [4.69, 9.17) is 23.7 Å². The summed E-state index contributed by atoms with van der Waals surface area (Å²) in [7, 11) is 0. The van der Waals surface area contributed by atoms with Crippen LogP contribution in [0.1, 0.15) is 61.1 Å². The third-order valence-corrected chi connectivity index (χ3v) is 5.69. The molecule has 1 aromatic rings. The highest BCUT2D eigenvalue weighted by atomic mass is 16.6. The zero-order valence-electron chi connectivity index (χ0n) is 21.1. The van der Waals surface area contributed by atoms with Gasteiger partial charge in [-0.05, 0) is 55.4 Å². The van der Waals surface area contributed by atoms with Crippen molar-refractivity contribution in [3.63, 3.8) is 0 Å². The molecule has 2 saturated heterocycles. The molecule has 3 rings (SSSR count). The molecule has 0 bridgehead atoms. The Hall–Kier alpha value is -1.14. The maximum Gasteiger partial charge on any atom is 0.115 e. The minimum Gasteiger partial charge on any atom is -0.388 e. The number of nitrogens with zero attached hydrogens (tertiary/aromatic N) is 3. The molecule has 2 fully saturated rings. The molecule has 1 aromatic heterocycles. The van der Waals surface area contributed by atoms with Crippen LogP contribution < -0.4 is 0 Å². The first kappa shape index (κ1) is 26.5. The molecule has 0 radical (unpaired) electrons. The molecule has 0 amide bonds. The van der Waals surface area contributed by atoms with Crippen LogP contribution in [0, 0.1) is 0 Å². The molecule has 2 aliphatic heterocycles. The average molecular weight is 472 g/mol. The number of hydrogen-bond acceptors (Lipinski definition) is 9. The summed E-state index contributed by atoms with van der Waals surface area (Å²) in [5, 5.41) is 29.5. The summed E-state index contributed by atoms with van der Waals surface area (Å²) >= 11 is 0. The minimum absolute atomic E-state index is 0.189. The number of ether oxygens (including phenoxy) is 5. The molecule has 190 valence electrons. The molecule has 10 heteroatoms.